The second kappa shape index (κ2) is 7.55. The second-order valence-electron chi connectivity index (χ2n) is 7.89. The van der Waals surface area contributed by atoms with E-state index in [4.69, 9.17) is 15.5 Å². The number of pyridine rings is 2. The Morgan fingerprint density at radius 2 is 2.03 bits per heavy atom. The summed E-state index contributed by atoms with van der Waals surface area (Å²) in [6, 6.07) is 4.12. The van der Waals surface area contributed by atoms with E-state index in [1.165, 1.54) is 10.4 Å². The standard InChI is InChI=1S/C20H24N6OS2/c1-20(2,3)12-9-13(11-8-14-17(22-10-11)25-26(4)24-14)23-18-15(12)16(21)19(29-18)28-7-6-27-5/h8-10H,6-7,21H2,1-5H3. The third-order valence-electron chi connectivity index (χ3n) is 4.63. The molecule has 0 bridgehead atoms. The van der Waals surface area contributed by atoms with Crippen molar-refractivity contribution in [2.45, 2.75) is 30.4 Å². The first-order valence-corrected chi connectivity index (χ1v) is 11.1. The van der Waals surface area contributed by atoms with Crippen molar-refractivity contribution in [3.05, 3.63) is 23.9 Å². The molecule has 4 aromatic rings. The minimum atomic E-state index is -0.0797. The Kier molecular flexibility index (Phi) is 5.22. The largest absolute Gasteiger partial charge is 0.397 e. The zero-order valence-electron chi connectivity index (χ0n) is 17.2. The number of nitrogen functional groups attached to an aromatic ring is 1. The summed E-state index contributed by atoms with van der Waals surface area (Å²) in [6.07, 6.45) is 1.81. The van der Waals surface area contributed by atoms with Gasteiger partial charge in [-0.1, -0.05) is 20.8 Å². The molecule has 4 aromatic heterocycles. The predicted octanol–water partition coefficient (Wildman–Crippen LogP) is 4.26. The van der Waals surface area contributed by atoms with Crippen molar-refractivity contribution in [1.29, 1.82) is 0 Å². The molecule has 0 unspecified atom stereocenters. The topological polar surface area (TPSA) is 91.7 Å². The molecular weight excluding hydrogens is 404 g/mol. The molecule has 4 rings (SSSR count). The fourth-order valence-corrected chi connectivity index (χ4v) is 5.49. The highest BCUT2D eigenvalue weighted by Gasteiger charge is 2.24. The normalized spacial score (nSPS) is 12.3. The fourth-order valence-electron chi connectivity index (χ4n) is 3.22. The van der Waals surface area contributed by atoms with Gasteiger partial charge in [0.05, 0.1) is 22.2 Å². The molecule has 0 saturated heterocycles. The first kappa shape index (κ1) is 20.1. The van der Waals surface area contributed by atoms with Crippen molar-refractivity contribution in [3.8, 4) is 11.3 Å². The van der Waals surface area contributed by atoms with Crippen molar-refractivity contribution in [2.75, 3.05) is 25.2 Å². The lowest BCUT2D eigenvalue weighted by molar-refractivity contribution is 0.218. The maximum Gasteiger partial charge on any atom is 0.201 e. The highest BCUT2D eigenvalue weighted by Crippen LogP contribution is 2.45. The van der Waals surface area contributed by atoms with Crippen LogP contribution in [0, 0.1) is 0 Å². The van der Waals surface area contributed by atoms with Gasteiger partial charge in [0.2, 0.25) is 5.65 Å². The third kappa shape index (κ3) is 3.82. The molecule has 0 aliphatic rings. The summed E-state index contributed by atoms with van der Waals surface area (Å²) in [5.41, 5.74) is 11.7. The minimum absolute atomic E-state index is 0.0797. The van der Waals surface area contributed by atoms with E-state index in [1.807, 2.05) is 12.3 Å². The number of hydrogen-bond donors (Lipinski definition) is 1. The summed E-state index contributed by atoms with van der Waals surface area (Å²) in [5.74, 6) is 0.860. The van der Waals surface area contributed by atoms with Crippen molar-refractivity contribution in [2.24, 2.45) is 7.05 Å². The SMILES string of the molecule is COCCSc1sc2nc(-c3cnc4nn(C)nc4c3)cc(C(C)(C)C)c2c1N. The Morgan fingerprint density at radius 1 is 1.24 bits per heavy atom. The number of methoxy groups -OCH3 is 1. The van der Waals surface area contributed by atoms with Crippen LogP contribution in [0.2, 0.25) is 0 Å². The van der Waals surface area contributed by atoms with E-state index in [1.54, 1.807) is 37.3 Å². The van der Waals surface area contributed by atoms with Gasteiger partial charge in [-0.05, 0) is 23.1 Å². The highest BCUT2D eigenvalue weighted by molar-refractivity contribution is 8.01. The monoisotopic (exact) mass is 428 g/mol. The Hall–Kier alpha value is -2.23. The maximum atomic E-state index is 6.56. The number of thiophene rings is 1. The van der Waals surface area contributed by atoms with Gasteiger partial charge in [0, 0.05) is 37.1 Å². The zero-order valence-corrected chi connectivity index (χ0v) is 18.8. The number of ether oxygens (including phenoxy) is 1. The lowest BCUT2D eigenvalue weighted by atomic mass is 9.84. The number of nitrogens with zero attached hydrogens (tertiary/aromatic N) is 5. The van der Waals surface area contributed by atoms with E-state index >= 15 is 0 Å². The summed E-state index contributed by atoms with van der Waals surface area (Å²) in [5, 5.41) is 9.68. The number of aromatic nitrogens is 5. The number of rotatable bonds is 5. The molecule has 9 heteroatoms. The second-order valence-corrected chi connectivity index (χ2v) is 10.2. The van der Waals surface area contributed by atoms with Crippen molar-refractivity contribution in [3.63, 3.8) is 0 Å². The average molecular weight is 429 g/mol. The van der Waals surface area contributed by atoms with E-state index in [9.17, 15) is 0 Å². The minimum Gasteiger partial charge on any atom is -0.397 e. The molecule has 0 atom stereocenters. The summed E-state index contributed by atoms with van der Waals surface area (Å²) in [6.45, 7) is 7.28. The molecular formula is C20H24N6OS2. The van der Waals surface area contributed by atoms with Crippen molar-refractivity contribution >= 4 is 50.2 Å². The first-order valence-electron chi connectivity index (χ1n) is 9.30. The quantitative estimate of drug-likeness (QED) is 0.375. The van der Waals surface area contributed by atoms with Gasteiger partial charge in [0.15, 0.2) is 0 Å². The molecule has 0 aliphatic heterocycles. The number of anilines is 1. The number of hydrogen-bond acceptors (Lipinski definition) is 8. The van der Waals surface area contributed by atoms with Gasteiger partial charge in [0.1, 0.15) is 10.3 Å². The average Bonchev–Trinajstić information content (AvgIpc) is 3.19. The molecule has 29 heavy (non-hydrogen) atoms. The van der Waals surface area contributed by atoms with Crippen molar-refractivity contribution < 1.29 is 4.74 Å². The number of fused-ring (bicyclic) bond motifs is 2. The summed E-state index contributed by atoms with van der Waals surface area (Å²) in [7, 11) is 3.50. The van der Waals surface area contributed by atoms with Gasteiger partial charge in [-0.15, -0.1) is 28.2 Å². The molecule has 2 N–H and O–H groups in total. The molecule has 7 nitrogen and oxygen atoms in total. The molecule has 0 radical (unpaired) electrons. The molecule has 0 fully saturated rings. The van der Waals surface area contributed by atoms with Crippen LogP contribution in [0.5, 0.6) is 0 Å². The van der Waals surface area contributed by atoms with E-state index in [-0.39, 0.29) is 5.41 Å². The van der Waals surface area contributed by atoms with Crippen LogP contribution in [0.15, 0.2) is 22.5 Å². The molecule has 0 aliphatic carbocycles. The van der Waals surface area contributed by atoms with Gasteiger partial charge in [-0.3, -0.25) is 0 Å². The van der Waals surface area contributed by atoms with Crippen LogP contribution in [0.3, 0.4) is 0 Å². The summed E-state index contributed by atoms with van der Waals surface area (Å²) in [4.78, 5) is 11.9. The van der Waals surface area contributed by atoms with Crippen LogP contribution in [0.4, 0.5) is 5.69 Å². The Morgan fingerprint density at radius 3 is 2.76 bits per heavy atom. The fraction of sp³-hybridized carbons (Fsp3) is 0.400. The van der Waals surface area contributed by atoms with Crippen LogP contribution < -0.4 is 5.73 Å². The van der Waals surface area contributed by atoms with Gasteiger partial charge in [-0.25, -0.2) is 9.97 Å². The van der Waals surface area contributed by atoms with Gasteiger partial charge in [-0.2, -0.15) is 9.90 Å². The first-order chi connectivity index (χ1) is 13.8. The van der Waals surface area contributed by atoms with E-state index in [0.717, 1.165) is 42.6 Å². The van der Waals surface area contributed by atoms with Crippen molar-refractivity contribution in [1.82, 2.24) is 25.0 Å². The molecule has 0 amide bonds. The van der Waals surface area contributed by atoms with Crippen LogP contribution in [-0.2, 0) is 17.2 Å². The Balaban J connectivity index is 1.88. The van der Waals surface area contributed by atoms with Gasteiger partial charge < -0.3 is 10.5 Å². The van der Waals surface area contributed by atoms with Crippen LogP contribution >= 0.6 is 23.1 Å². The highest BCUT2D eigenvalue weighted by atomic mass is 32.2. The van der Waals surface area contributed by atoms with Gasteiger partial charge in [0.25, 0.3) is 0 Å². The molecule has 152 valence electrons. The molecule has 0 saturated carbocycles. The predicted molar refractivity (Wildman–Crippen MR) is 121 cm³/mol. The van der Waals surface area contributed by atoms with Crippen LogP contribution in [0.1, 0.15) is 26.3 Å². The molecule has 4 heterocycles. The molecule has 0 aromatic carbocycles. The summed E-state index contributed by atoms with van der Waals surface area (Å²) >= 11 is 3.36. The van der Waals surface area contributed by atoms with E-state index in [0.29, 0.717) is 12.3 Å². The zero-order chi connectivity index (χ0) is 20.8. The van der Waals surface area contributed by atoms with Crippen LogP contribution in [-0.4, -0.2) is 44.4 Å². The Bertz CT molecular complexity index is 1190. The number of nitrogens with two attached hydrogens (primary N) is 1. The smallest absolute Gasteiger partial charge is 0.201 e. The lowest BCUT2D eigenvalue weighted by Gasteiger charge is -2.21. The molecule has 0 spiro atoms. The summed E-state index contributed by atoms with van der Waals surface area (Å²) < 4.78 is 6.27. The number of thioether (sulfide) groups is 1. The lowest BCUT2D eigenvalue weighted by Crippen LogP contribution is -2.12. The van der Waals surface area contributed by atoms with E-state index in [2.05, 4.69) is 42.0 Å². The maximum absolute atomic E-state index is 6.56. The Labute approximate surface area is 177 Å². The van der Waals surface area contributed by atoms with E-state index < -0.39 is 0 Å². The third-order valence-corrected chi connectivity index (χ3v) is 6.98. The van der Waals surface area contributed by atoms with Gasteiger partial charge >= 0.3 is 0 Å². The van der Waals surface area contributed by atoms with Crippen LogP contribution in [0.25, 0.3) is 32.6 Å². The number of aryl methyl sites for hydroxylation is 1.